The molecule has 124 valence electrons. The van der Waals surface area contributed by atoms with Crippen molar-refractivity contribution >= 4 is 11.6 Å². The number of carbonyl (C=O) groups excluding carboxylic acids is 1. The maximum absolute atomic E-state index is 12.7. The lowest BCUT2D eigenvalue weighted by molar-refractivity contribution is 0.0235. The van der Waals surface area contributed by atoms with Gasteiger partial charge in [-0.15, -0.1) is 0 Å². The molecular formula is C16H23N5O2. The number of likely N-dealkylation sites (N-methyl/N-ethyl adjacent to an activating group) is 1. The number of aromatic nitrogens is 3. The number of amides is 1. The standard InChI is InChI=1S/C16H23N5O2/c1-11-7-12(2)21-14(17-11)8-13(18-21)15(22)20-6-5-16(23,10-20)9-19(3)4/h7-8,23H,5-6,9-10H2,1-4H3. The zero-order valence-electron chi connectivity index (χ0n) is 14.1. The van der Waals surface area contributed by atoms with Crippen LogP contribution in [0.2, 0.25) is 0 Å². The molecule has 7 heteroatoms. The highest BCUT2D eigenvalue weighted by Crippen LogP contribution is 2.23. The average Bonchev–Trinajstić information content (AvgIpc) is 3.01. The minimum Gasteiger partial charge on any atom is -0.387 e. The van der Waals surface area contributed by atoms with E-state index in [1.165, 1.54) is 0 Å². The molecule has 1 saturated heterocycles. The number of rotatable bonds is 3. The summed E-state index contributed by atoms with van der Waals surface area (Å²) in [6.07, 6.45) is 0.584. The molecule has 1 atom stereocenters. The lowest BCUT2D eigenvalue weighted by Gasteiger charge is -2.26. The molecule has 0 spiro atoms. The maximum Gasteiger partial charge on any atom is 0.274 e. The summed E-state index contributed by atoms with van der Waals surface area (Å²) in [5.41, 5.74) is 2.05. The Hall–Kier alpha value is -1.99. The number of nitrogens with zero attached hydrogens (tertiary/aromatic N) is 5. The summed E-state index contributed by atoms with van der Waals surface area (Å²) in [6, 6.07) is 3.64. The minimum atomic E-state index is -0.844. The molecule has 3 rings (SSSR count). The average molecular weight is 317 g/mol. The fourth-order valence-electron chi connectivity index (χ4n) is 3.30. The van der Waals surface area contributed by atoms with Crippen LogP contribution in [0.4, 0.5) is 0 Å². The topological polar surface area (TPSA) is 74.0 Å². The van der Waals surface area contributed by atoms with E-state index in [0.717, 1.165) is 11.4 Å². The largest absolute Gasteiger partial charge is 0.387 e. The molecule has 1 N–H and O–H groups in total. The van der Waals surface area contributed by atoms with Crippen LogP contribution in [0.3, 0.4) is 0 Å². The van der Waals surface area contributed by atoms with Gasteiger partial charge < -0.3 is 14.9 Å². The van der Waals surface area contributed by atoms with Crippen LogP contribution in [0, 0.1) is 13.8 Å². The van der Waals surface area contributed by atoms with Gasteiger partial charge in [0.05, 0.1) is 12.1 Å². The first kappa shape index (κ1) is 15.9. The summed E-state index contributed by atoms with van der Waals surface area (Å²) in [5.74, 6) is -0.151. The number of hydrogen-bond acceptors (Lipinski definition) is 5. The molecule has 1 unspecified atom stereocenters. The van der Waals surface area contributed by atoms with Gasteiger partial charge in [-0.25, -0.2) is 9.50 Å². The van der Waals surface area contributed by atoms with Crippen LogP contribution in [0.15, 0.2) is 12.1 Å². The van der Waals surface area contributed by atoms with Crippen molar-refractivity contribution in [3.05, 3.63) is 29.2 Å². The van der Waals surface area contributed by atoms with Gasteiger partial charge >= 0.3 is 0 Å². The zero-order chi connectivity index (χ0) is 16.8. The second kappa shape index (κ2) is 5.58. The fraction of sp³-hybridized carbons (Fsp3) is 0.562. The molecular weight excluding hydrogens is 294 g/mol. The van der Waals surface area contributed by atoms with E-state index in [9.17, 15) is 9.90 Å². The first-order valence-corrected chi connectivity index (χ1v) is 7.78. The third kappa shape index (κ3) is 3.07. The quantitative estimate of drug-likeness (QED) is 0.891. The van der Waals surface area contributed by atoms with Crippen molar-refractivity contribution < 1.29 is 9.90 Å². The Labute approximate surface area is 135 Å². The van der Waals surface area contributed by atoms with Gasteiger partial charge in [0.2, 0.25) is 0 Å². The predicted octanol–water partition coefficient (Wildman–Crippen LogP) is 0.485. The number of aryl methyl sites for hydroxylation is 2. The third-order valence-electron chi connectivity index (χ3n) is 4.18. The van der Waals surface area contributed by atoms with Crippen LogP contribution >= 0.6 is 0 Å². The van der Waals surface area contributed by atoms with Crippen LogP contribution in [-0.2, 0) is 0 Å². The summed E-state index contributed by atoms with van der Waals surface area (Å²) in [4.78, 5) is 20.7. The van der Waals surface area contributed by atoms with E-state index in [1.807, 2.05) is 38.9 Å². The molecule has 0 aliphatic carbocycles. The second-order valence-corrected chi connectivity index (χ2v) is 6.78. The smallest absolute Gasteiger partial charge is 0.274 e. The molecule has 7 nitrogen and oxygen atoms in total. The lowest BCUT2D eigenvalue weighted by Crippen LogP contribution is -2.43. The molecule has 2 aromatic heterocycles. The number of fused-ring (bicyclic) bond motifs is 1. The number of β-amino-alcohol motifs (C(OH)–C–C–N with tert-alkyl or cyclic N) is 1. The third-order valence-corrected chi connectivity index (χ3v) is 4.18. The van der Waals surface area contributed by atoms with Crippen LogP contribution in [-0.4, -0.2) is 74.7 Å². The van der Waals surface area contributed by atoms with Gasteiger partial charge in [0.1, 0.15) is 0 Å². The second-order valence-electron chi connectivity index (χ2n) is 6.78. The van der Waals surface area contributed by atoms with Gasteiger partial charge in [-0.05, 0) is 40.4 Å². The van der Waals surface area contributed by atoms with Crippen molar-refractivity contribution in [2.24, 2.45) is 0 Å². The first-order chi connectivity index (χ1) is 10.8. The number of likely N-dealkylation sites (tertiary alicyclic amines) is 1. The number of hydrogen-bond donors (Lipinski definition) is 1. The van der Waals surface area contributed by atoms with Crippen LogP contribution in [0.25, 0.3) is 5.65 Å². The molecule has 1 aliphatic rings. The van der Waals surface area contributed by atoms with E-state index < -0.39 is 5.60 Å². The van der Waals surface area contributed by atoms with Crippen molar-refractivity contribution in [3.63, 3.8) is 0 Å². The molecule has 23 heavy (non-hydrogen) atoms. The molecule has 1 fully saturated rings. The van der Waals surface area contributed by atoms with Crippen LogP contribution < -0.4 is 0 Å². The van der Waals surface area contributed by atoms with Crippen molar-refractivity contribution in [3.8, 4) is 0 Å². The number of carbonyl (C=O) groups is 1. The Morgan fingerprint density at radius 2 is 2.13 bits per heavy atom. The van der Waals surface area contributed by atoms with Crippen LogP contribution in [0.5, 0.6) is 0 Å². The molecule has 1 aliphatic heterocycles. The summed E-state index contributed by atoms with van der Waals surface area (Å²) in [5, 5.41) is 15.0. The van der Waals surface area contributed by atoms with E-state index in [4.69, 9.17) is 0 Å². The van der Waals surface area contributed by atoms with E-state index in [1.54, 1.807) is 15.5 Å². The van der Waals surface area contributed by atoms with Gasteiger partial charge in [0.25, 0.3) is 5.91 Å². The lowest BCUT2D eigenvalue weighted by atomic mass is 10.0. The molecule has 3 heterocycles. The molecule has 1 amide bonds. The Bertz CT molecular complexity index is 754. The van der Waals surface area contributed by atoms with Crippen molar-refractivity contribution in [1.82, 2.24) is 24.4 Å². The van der Waals surface area contributed by atoms with E-state index in [0.29, 0.717) is 37.4 Å². The van der Waals surface area contributed by atoms with Crippen LogP contribution in [0.1, 0.15) is 28.3 Å². The maximum atomic E-state index is 12.7. The fourth-order valence-corrected chi connectivity index (χ4v) is 3.30. The van der Waals surface area contributed by atoms with Gasteiger partial charge in [-0.3, -0.25) is 4.79 Å². The van der Waals surface area contributed by atoms with Crippen molar-refractivity contribution in [2.45, 2.75) is 25.9 Å². The molecule has 0 bridgehead atoms. The predicted molar refractivity (Wildman–Crippen MR) is 86.5 cm³/mol. The van der Waals surface area contributed by atoms with E-state index >= 15 is 0 Å². The van der Waals surface area contributed by atoms with Gasteiger partial charge in [-0.2, -0.15) is 5.10 Å². The summed E-state index contributed by atoms with van der Waals surface area (Å²) < 4.78 is 1.68. The summed E-state index contributed by atoms with van der Waals surface area (Å²) >= 11 is 0. The molecule has 0 saturated carbocycles. The van der Waals surface area contributed by atoms with Gasteiger partial charge in [0, 0.05) is 30.5 Å². The number of aliphatic hydroxyl groups is 1. The molecule has 2 aromatic rings. The van der Waals surface area contributed by atoms with Gasteiger partial charge in [0.15, 0.2) is 11.3 Å². The van der Waals surface area contributed by atoms with Crippen molar-refractivity contribution in [1.29, 1.82) is 0 Å². The molecule has 0 radical (unpaired) electrons. The monoisotopic (exact) mass is 317 g/mol. The first-order valence-electron chi connectivity index (χ1n) is 7.78. The highest BCUT2D eigenvalue weighted by atomic mass is 16.3. The zero-order valence-corrected chi connectivity index (χ0v) is 14.1. The Kier molecular flexibility index (Phi) is 3.85. The van der Waals surface area contributed by atoms with E-state index in [2.05, 4.69) is 10.1 Å². The Balaban J connectivity index is 1.83. The summed E-state index contributed by atoms with van der Waals surface area (Å²) in [7, 11) is 3.84. The van der Waals surface area contributed by atoms with E-state index in [-0.39, 0.29) is 5.91 Å². The van der Waals surface area contributed by atoms with Gasteiger partial charge in [-0.1, -0.05) is 0 Å². The minimum absolute atomic E-state index is 0.151. The van der Waals surface area contributed by atoms with Crippen molar-refractivity contribution in [2.75, 3.05) is 33.7 Å². The summed E-state index contributed by atoms with van der Waals surface area (Å²) in [6.45, 7) is 5.28. The highest BCUT2D eigenvalue weighted by Gasteiger charge is 2.39. The SMILES string of the molecule is Cc1cc(C)n2nc(C(=O)N3CCC(O)(CN(C)C)C3)cc2n1. The normalized spacial score (nSPS) is 21.6. The molecule has 0 aromatic carbocycles. The highest BCUT2D eigenvalue weighted by molar-refractivity contribution is 5.93. The Morgan fingerprint density at radius 1 is 1.39 bits per heavy atom. The Morgan fingerprint density at radius 3 is 2.83 bits per heavy atom.